The first-order valence-electron chi connectivity index (χ1n) is 6.07. The summed E-state index contributed by atoms with van der Waals surface area (Å²) in [5.74, 6) is 0.240. The molecule has 0 atom stereocenters. The molecule has 104 valence electrons. The zero-order chi connectivity index (χ0) is 14.4. The zero-order valence-electron chi connectivity index (χ0n) is 10.9. The standard InChI is InChI=1S/C15H14ClFN2O/c1-18-19-9-11-5-2-3-8-15(11)20-10-12-13(16)6-4-7-14(12)17/h2-9,18H,10H2,1H3/b19-9+. The van der Waals surface area contributed by atoms with E-state index in [0.29, 0.717) is 16.3 Å². The van der Waals surface area contributed by atoms with E-state index in [1.54, 1.807) is 31.5 Å². The molecule has 3 nitrogen and oxygen atoms in total. The third-order valence-electron chi connectivity index (χ3n) is 2.69. The Kier molecular flexibility index (Phi) is 4.96. The van der Waals surface area contributed by atoms with Crippen molar-refractivity contribution in [1.82, 2.24) is 5.43 Å². The molecule has 0 fully saturated rings. The van der Waals surface area contributed by atoms with Gasteiger partial charge in [0.05, 0.1) is 11.2 Å². The Bertz CT molecular complexity index is 596. The van der Waals surface area contributed by atoms with Gasteiger partial charge in [-0.25, -0.2) is 4.39 Å². The molecule has 0 unspecified atom stereocenters. The topological polar surface area (TPSA) is 33.6 Å². The van der Waals surface area contributed by atoms with Crippen molar-refractivity contribution in [2.45, 2.75) is 6.61 Å². The first-order valence-corrected chi connectivity index (χ1v) is 6.44. The first-order chi connectivity index (χ1) is 9.72. The Morgan fingerprint density at radius 2 is 2.05 bits per heavy atom. The van der Waals surface area contributed by atoms with Crippen LogP contribution in [0.4, 0.5) is 4.39 Å². The molecule has 0 amide bonds. The van der Waals surface area contributed by atoms with Crippen LogP contribution in [0.3, 0.4) is 0 Å². The number of halogens is 2. The van der Waals surface area contributed by atoms with E-state index in [9.17, 15) is 4.39 Å². The Balaban J connectivity index is 2.17. The first kappa shape index (κ1) is 14.3. The number of ether oxygens (including phenoxy) is 1. The predicted molar refractivity (Wildman–Crippen MR) is 78.8 cm³/mol. The van der Waals surface area contributed by atoms with Crippen molar-refractivity contribution in [2.24, 2.45) is 5.10 Å². The van der Waals surface area contributed by atoms with E-state index in [2.05, 4.69) is 10.5 Å². The summed E-state index contributed by atoms with van der Waals surface area (Å²) in [7, 11) is 1.71. The van der Waals surface area contributed by atoms with E-state index in [1.807, 2.05) is 18.2 Å². The van der Waals surface area contributed by atoms with Crippen molar-refractivity contribution in [3.63, 3.8) is 0 Å². The number of nitrogens with one attached hydrogen (secondary N) is 1. The van der Waals surface area contributed by atoms with Gasteiger partial charge in [0.2, 0.25) is 0 Å². The summed E-state index contributed by atoms with van der Waals surface area (Å²) >= 11 is 5.96. The number of hydrazone groups is 1. The summed E-state index contributed by atoms with van der Waals surface area (Å²) in [6, 6.07) is 11.9. The Morgan fingerprint density at radius 1 is 1.25 bits per heavy atom. The van der Waals surface area contributed by atoms with Crippen LogP contribution in [0.2, 0.25) is 5.02 Å². The SMILES string of the molecule is CN/N=C/c1ccccc1OCc1c(F)cccc1Cl. The number of benzene rings is 2. The zero-order valence-corrected chi connectivity index (χ0v) is 11.7. The van der Waals surface area contributed by atoms with Crippen LogP contribution in [0.25, 0.3) is 0 Å². The maximum atomic E-state index is 13.7. The number of para-hydroxylation sites is 1. The van der Waals surface area contributed by atoms with Gasteiger partial charge >= 0.3 is 0 Å². The van der Waals surface area contributed by atoms with Gasteiger partial charge in [0.1, 0.15) is 18.2 Å². The highest BCUT2D eigenvalue weighted by atomic mass is 35.5. The van der Waals surface area contributed by atoms with Gasteiger partial charge in [0, 0.05) is 18.2 Å². The summed E-state index contributed by atoms with van der Waals surface area (Å²) < 4.78 is 19.3. The minimum absolute atomic E-state index is 0.0654. The average molecular weight is 293 g/mol. The van der Waals surface area contributed by atoms with Gasteiger partial charge in [-0.1, -0.05) is 29.8 Å². The minimum Gasteiger partial charge on any atom is -0.488 e. The van der Waals surface area contributed by atoms with Crippen molar-refractivity contribution in [2.75, 3.05) is 7.05 Å². The second kappa shape index (κ2) is 6.91. The molecule has 0 aliphatic rings. The van der Waals surface area contributed by atoms with Crippen molar-refractivity contribution < 1.29 is 9.13 Å². The van der Waals surface area contributed by atoms with E-state index >= 15 is 0 Å². The molecule has 1 N–H and O–H groups in total. The van der Waals surface area contributed by atoms with Crippen molar-refractivity contribution in [3.05, 3.63) is 64.4 Å². The molecule has 0 radical (unpaired) electrons. The maximum Gasteiger partial charge on any atom is 0.131 e. The van der Waals surface area contributed by atoms with E-state index < -0.39 is 0 Å². The highest BCUT2D eigenvalue weighted by Crippen LogP contribution is 2.23. The van der Waals surface area contributed by atoms with Gasteiger partial charge in [-0.2, -0.15) is 5.10 Å². The van der Waals surface area contributed by atoms with Crippen LogP contribution in [0.1, 0.15) is 11.1 Å². The lowest BCUT2D eigenvalue weighted by atomic mass is 10.2. The number of nitrogens with zero attached hydrogens (tertiary/aromatic N) is 1. The minimum atomic E-state index is -0.376. The van der Waals surface area contributed by atoms with Crippen LogP contribution in [-0.4, -0.2) is 13.3 Å². The normalized spacial score (nSPS) is 10.8. The summed E-state index contributed by atoms with van der Waals surface area (Å²) in [6.07, 6.45) is 1.64. The highest BCUT2D eigenvalue weighted by molar-refractivity contribution is 6.31. The third-order valence-corrected chi connectivity index (χ3v) is 3.04. The summed E-state index contributed by atoms with van der Waals surface area (Å²) in [4.78, 5) is 0. The van der Waals surface area contributed by atoms with Crippen molar-refractivity contribution in [1.29, 1.82) is 0 Å². The van der Waals surface area contributed by atoms with Crippen LogP contribution in [-0.2, 0) is 6.61 Å². The second-order valence-electron chi connectivity index (χ2n) is 4.01. The largest absolute Gasteiger partial charge is 0.488 e. The lowest BCUT2D eigenvalue weighted by molar-refractivity contribution is 0.299. The fourth-order valence-electron chi connectivity index (χ4n) is 1.67. The van der Waals surface area contributed by atoms with Gasteiger partial charge in [-0.05, 0) is 24.3 Å². The lowest BCUT2D eigenvalue weighted by Crippen LogP contribution is -2.02. The van der Waals surface area contributed by atoms with Gasteiger partial charge in [0.25, 0.3) is 0 Å². The molecule has 0 bridgehead atoms. The van der Waals surface area contributed by atoms with Crippen LogP contribution >= 0.6 is 11.6 Å². The molecule has 0 heterocycles. The molecule has 0 aromatic heterocycles. The van der Waals surface area contributed by atoms with E-state index in [1.165, 1.54) is 6.07 Å². The Hall–Kier alpha value is -2.07. The van der Waals surface area contributed by atoms with Crippen LogP contribution < -0.4 is 10.2 Å². The summed E-state index contributed by atoms with van der Waals surface area (Å²) in [5, 5.41) is 4.29. The van der Waals surface area contributed by atoms with Crippen LogP contribution in [0.15, 0.2) is 47.6 Å². The van der Waals surface area contributed by atoms with E-state index in [0.717, 1.165) is 5.56 Å². The molecule has 0 aliphatic carbocycles. The summed E-state index contributed by atoms with van der Waals surface area (Å²) in [6.45, 7) is 0.0654. The third kappa shape index (κ3) is 3.48. The maximum absolute atomic E-state index is 13.7. The molecule has 0 saturated carbocycles. The van der Waals surface area contributed by atoms with Crippen molar-refractivity contribution >= 4 is 17.8 Å². The average Bonchev–Trinajstić information content (AvgIpc) is 2.45. The van der Waals surface area contributed by atoms with Gasteiger partial charge in [0.15, 0.2) is 0 Å². The van der Waals surface area contributed by atoms with Gasteiger partial charge in [-0.15, -0.1) is 0 Å². The summed E-state index contributed by atoms with van der Waals surface area (Å²) in [5.41, 5.74) is 3.81. The van der Waals surface area contributed by atoms with E-state index in [4.69, 9.17) is 16.3 Å². The quantitative estimate of drug-likeness (QED) is 0.675. The van der Waals surface area contributed by atoms with Crippen molar-refractivity contribution in [3.8, 4) is 5.75 Å². The molecular formula is C15H14ClFN2O. The molecule has 5 heteroatoms. The molecule has 2 rings (SSSR count). The highest BCUT2D eigenvalue weighted by Gasteiger charge is 2.08. The number of hydrogen-bond donors (Lipinski definition) is 1. The number of rotatable bonds is 5. The fourth-order valence-corrected chi connectivity index (χ4v) is 1.89. The predicted octanol–water partition coefficient (Wildman–Crippen LogP) is 3.61. The van der Waals surface area contributed by atoms with Gasteiger partial charge < -0.3 is 10.2 Å². The van der Waals surface area contributed by atoms with Gasteiger partial charge in [-0.3, -0.25) is 0 Å². The molecule has 0 aliphatic heterocycles. The molecule has 2 aromatic rings. The van der Waals surface area contributed by atoms with Crippen LogP contribution in [0.5, 0.6) is 5.75 Å². The fraction of sp³-hybridized carbons (Fsp3) is 0.133. The molecule has 2 aromatic carbocycles. The molecule has 0 saturated heterocycles. The second-order valence-corrected chi connectivity index (χ2v) is 4.42. The number of hydrogen-bond acceptors (Lipinski definition) is 3. The molecular weight excluding hydrogens is 279 g/mol. The van der Waals surface area contributed by atoms with E-state index in [-0.39, 0.29) is 12.4 Å². The van der Waals surface area contributed by atoms with Crippen LogP contribution in [0, 0.1) is 5.82 Å². The molecule has 0 spiro atoms. The lowest BCUT2D eigenvalue weighted by Gasteiger charge is -2.10. The smallest absolute Gasteiger partial charge is 0.131 e. The Morgan fingerprint density at radius 3 is 2.80 bits per heavy atom. The Labute approximate surface area is 122 Å². The monoisotopic (exact) mass is 292 g/mol. The molecule has 20 heavy (non-hydrogen) atoms.